The standard InChI is InChI=1S/C11H16O3/c1-8-10(4-7-14-8)11(12)9-2-5-13-6-3-9/h4,7,9,11-12H,2-3,5-6H2,1H3. The van der Waals surface area contributed by atoms with E-state index in [-0.39, 0.29) is 0 Å². The molecule has 2 rings (SSSR count). The van der Waals surface area contributed by atoms with Crippen LogP contribution in [0.5, 0.6) is 0 Å². The van der Waals surface area contributed by atoms with E-state index in [0.717, 1.165) is 37.4 Å². The van der Waals surface area contributed by atoms with Crippen LogP contribution in [0.2, 0.25) is 0 Å². The first kappa shape index (κ1) is 9.74. The van der Waals surface area contributed by atoms with Gasteiger partial charge >= 0.3 is 0 Å². The summed E-state index contributed by atoms with van der Waals surface area (Å²) in [6, 6.07) is 1.86. The Bertz CT molecular complexity index is 286. The minimum absolute atomic E-state index is 0.319. The average molecular weight is 196 g/mol. The van der Waals surface area contributed by atoms with E-state index >= 15 is 0 Å². The average Bonchev–Trinajstić information content (AvgIpc) is 2.65. The second-order valence-electron chi connectivity index (χ2n) is 3.83. The molecule has 3 nitrogen and oxygen atoms in total. The van der Waals surface area contributed by atoms with Gasteiger partial charge in [0, 0.05) is 18.8 Å². The molecular weight excluding hydrogens is 180 g/mol. The van der Waals surface area contributed by atoms with Crippen LogP contribution in [0.15, 0.2) is 16.7 Å². The van der Waals surface area contributed by atoms with Crippen molar-refractivity contribution in [1.29, 1.82) is 0 Å². The largest absolute Gasteiger partial charge is 0.469 e. The number of rotatable bonds is 2. The summed E-state index contributed by atoms with van der Waals surface area (Å²) in [5.41, 5.74) is 0.928. The molecule has 1 aliphatic heterocycles. The van der Waals surface area contributed by atoms with E-state index in [4.69, 9.17) is 9.15 Å². The molecule has 3 heteroatoms. The van der Waals surface area contributed by atoms with Gasteiger partial charge in [-0.2, -0.15) is 0 Å². The highest BCUT2D eigenvalue weighted by molar-refractivity contribution is 5.19. The Balaban J connectivity index is 2.07. The first-order chi connectivity index (χ1) is 6.79. The fourth-order valence-electron chi connectivity index (χ4n) is 1.99. The molecule has 0 amide bonds. The fraction of sp³-hybridized carbons (Fsp3) is 0.636. The molecule has 1 saturated heterocycles. The van der Waals surface area contributed by atoms with E-state index in [9.17, 15) is 5.11 Å². The third-order valence-corrected chi connectivity index (χ3v) is 2.93. The molecule has 0 spiro atoms. The van der Waals surface area contributed by atoms with Crippen LogP contribution in [0.25, 0.3) is 0 Å². The summed E-state index contributed by atoms with van der Waals surface area (Å²) in [5.74, 6) is 1.14. The molecule has 0 aromatic carbocycles. The molecular formula is C11H16O3. The molecule has 1 unspecified atom stereocenters. The summed E-state index contributed by atoms with van der Waals surface area (Å²) in [6.07, 6.45) is 3.11. The van der Waals surface area contributed by atoms with Crippen molar-refractivity contribution in [3.63, 3.8) is 0 Å². The zero-order valence-corrected chi connectivity index (χ0v) is 8.40. The van der Waals surface area contributed by atoms with Gasteiger partial charge in [-0.05, 0) is 31.7 Å². The lowest BCUT2D eigenvalue weighted by atomic mass is 9.90. The Labute approximate surface area is 83.7 Å². The lowest BCUT2D eigenvalue weighted by molar-refractivity contribution is 0.00668. The van der Waals surface area contributed by atoms with Crippen LogP contribution in [0.3, 0.4) is 0 Å². The Morgan fingerprint density at radius 2 is 2.14 bits per heavy atom. The SMILES string of the molecule is Cc1occc1C(O)C1CCOCC1. The third-order valence-electron chi connectivity index (χ3n) is 2.93. The summed E-state index contributed by atoms with van der Waals surface area (Å²) >= 11 is 0. The quantitative estimate of drug-likeness (QED) is 0.787. The number of aliphatic hydroxyl groups is 1. The molecule has 0 aliphatic carbocycles. The van der Waals surface area contributed by atoms with Crippen molar-refractivity contribution in [3.05, 3.63) is 23.7 Å². The molecule has 1 aromatic heterocycles. The topological polar surface area (TPSA) is 42.6 Å². The molecule has 0 saturated carbocycles. The third kappa shape index (κ3) is 1.83. The minimum atomic E-state index is -0.391. The van der Waals surface area contributed by atoms with Gasteiger partial charge in [0.2, 0.25) is 0 Å². The van der Waals surface area contributed by atoms with Gasteiger partial charge in [-0.1, -0.05) is 0 Å². The van der Waals surface area contributed by atoms with Crippen LogP contribution in [-0.4, -0.2) is 18.3 Å². The predicted molar refractivity (Wildman–Crippen MR) is 51.9 cm³/mol. The molecule has 1 fully saturated rings. The van der Waals surface area contributed by atoms with Gasteiger partial charge in [0.05, 0.1) is 12.4 Å². The highest BCUT2D eigenvalue weighted by atomic mass is 16.5. The van der Waals surface area contributed by atoms with E-state index in [1.54, 1.807) is 6.26 Å². The number of hydrogen-bond donors (Lipinski definition) is 1. The molecule has 0 bridgehead atoms. The van der Waals surface area contributed by atoms with E-state index in [2.05, 4.69) is 0 Å². The van der Waals surface area contributed by atoms with Gasteiger partial charge in [0.1, 0.15) is 5.76 Å². The van der Waals surface area contributed by atoms with Crippen LogP contribution in [-0.2, 0) is 4.74 Å². The number of ether oxygens (including phenoxy) is 1. The zero-order chi connectivity index (χ0) is 9.97. The maximum absolute atomic E-state index is 10.1. The van der Waals surface area contributed by atoms with E-state index < -0.39 is 6.10 Å². The maximum atomic E-state index is 10.1. The van der Waals surface area contributed by atoms with Crippen molar-refractivity contribution >= 4 is 0 Å². The van der Waals surface area contributed by atoms with Gasteiger partial charge in [-0.15, -0.1) is 0 Å². The number of aryl methyl sites for hydroxylation is 1. The molecule has 14 heavy (non-hydrogen) atoms. The zero-order valence-electron chi connectivity index (χ0n) is 8.40. The second-order valence-corrected chi connectivity index (χ2v) is 3.83. The minimum Gasteiger partial charge on any atom is -0.469 e. The van der Waals surface area contributed by atoms with Gasteiger partial charge in [0.25, 0.3) is 0 Å². The van der Waals surface area contributed by atoms with E-state index in [1.807, 2.05) is 13.0 Å². The van der Waals surface area contributed by atoms with Crippen LogP contribution in [0.4, 0.5) is 0 Å². The van der Waals surface area contributed by atoms with Crippen LogP contribution >= 0.6 is 0 Å². The van der Waals surface area contributed by atoms with E-state index in [1.165, 1.54) is 0 Å². The summed E-state index contributed by atoms with van der Waals surface area (Å²) in [6.45, 7) is 3.41. The van der Waals surface area contributed by atoms with E-state index in [0.29, 0.717) is 5.92 Å². The molecule has 1 N–H and O–H groups in total. The predicted octanol–water partition coefficient (Wildman–Crippen LogP) is 2.05. The summed E-state index contributed by atoms with van der Waals surface area (Å²) in [7, 11) is 0. The smallest absolute Gasteiger partial charge is 0.106 e. The highest BCUT2D eigenvalue weighted by Gasteiger charge is 2.25. The molecule has 1 aliphatic rings. The lowest BCUT2D eigenvalue weighted by Crippen LogP contribution is -2.22. The molecule has 78 valence electrons. The molecule has 1 aromatic rings. The molecule has 2 heterocycles. The van der Waals surface area contributed by atoms with Gasteiger partial charge in [-0.3, -0.25) is 0 Å². The Morgan fingerprint density at radius 3 is 2.71 bits per heavy atom. The Kier molecular flexibility index (Phi) is 2.89. The highest BCUT2D eigenvalue weighted by Crippen LogP contribution is 2.31. The van der Waals surface area contributed by atoms with Gasteiger partial charge in [-0.25, -0.2) is 0 Å². The van der Waals surface area contributed by atoms with Gasteiger partial charge < -0.3 is 14.3 Å². The number of furan rings is 1. The van der Waals surface area contributed by atoms with Crippen LogP contribution in [0.1, 0.15) is 30.3 Å². The first-order valence-electron chi connectivity index (χ1n) is 5.09. The molecule has 0 radical (unpaired) electrons. The van der Waals surface area contributed by atoms with Gasteiger partial charge in [0.15, 0.2) is 0 Å². The van der Waals surface area contributed by atoms with Crippen molar-refractivity contribution in [2.75, 3.05) is 13.2 Å². The van der Waals surface area contributed by atoms with Crippen molar-refractivity contribution in [3.8, 4) is 0 Å². The summed E-state index contributed by atoms with van der Waals surface area (Å²) in [5, 5.41) is 10.1. The summed E-state index contributed by atoms with van der Waals surface area (Å²) < 4.78 is 10.4. The van der Waals surface area contributed by atoms with Crippen molar-refractivity contribution in [2.45, 2.75) is 25.9 Å². The normalized spacial score (nSPS) is 21.0. The fourth-order valence-corrected chi connectivity index (χ4v) is 1.99. The molecule has 1 atom stereocenters. The van der Waals surface area contributed by atoms with Crippen LogP contribution < -0.4 is 0 Å². The van der Waals surface area contributed by atoms with Crippen molar-refractivity contribution in [2.24, 2.45) is 5.92 Å². The first-order valence-corrected chi connectivity index (χ1v) is 5.09. The second kappa shape index (κ2) is 4.15. The van der Waals surface area contributed by atoms with Crippen LogP contribution in [0, 0.1) is 12.8 Å². The number of aliphatic hydroxyl groups excluding tert-OH is 1. The number of hydrogen-bond acceptors (Lipinski definition) is 3. The maximum Gasteiger partial charge on any atom is 0.106 e. The lowest BCUT2D eigenvalue weighted by Gasteiger charge is -2.26. The summed E-state index contributed by atoms with van der Waals surface area (Å²) in [4.78, 5) is 0. The monoisotopic (exact) mass is 196 g/mol. The van der Waals surface area contributed by atoms with Crippen molar-refractivity contribution < 1.29 is 14.3 Å². The Morgan fingerprint density at radius 1 is 1.43 bits per heavy atom. The Hall–Kier alpha value is -0.800. The van der Waals surface area contributed by atoms with Crippen molar-refractivity contribution in [1.82, 2.24) is 0 Å².